The summed E-state index contributed by atoms with van der Waals surface area (Å²) in [7, 11) is 0. The number of allylic oxidation sites excluding steroid dienone is 3. The van der Waals surface area contributed by atoms with Crippen LogP contribution in [0.1, 0.15) is 143 Å². The molecule has 8 nitrogen and oxygen atoms in total. The van der Waals surface area contributed by atoms with E-state index in [4.69, 9.17) is 9.15 Å². The number of rotatable bonds is 20. The molecule has 0 saturated carbocycles. The number of benzene rings is 4. The SMILES string of the molecule is CCCCC[N+](CCCCC)=C1C=CC2C(=C1)Oc1cc3oc4cc(=[N+](CCCCC)CCCCC)ccc-4c(-c4ccccc4C(=O)[O-])c3cc1C2c1ccccc1C(=O)[O-]. The average molecular weight is 835 g/mol. The van der Waals surface area contributed by atoms with Gasteiger partial charge in [-0.05, 0) is 48.9 Å². The molecule has 0 amide bonds. The smallest absolute Gasteiger partial charge is 0.203 e. The quantitative estimate of drug-likeness (QED) is 0.0439. The number of hydrogen-bond donors (Lipinski definition) is 0. The van der Waals surface area contributed by atoms with Gasteiger partial charge in [-0.25, -0.2) is 9.15 Å². The minimum Gasteiger partial charge on any atom is -0.545 e. The number of fused-ring (bicyclic) bond motifs is 4. The van der Waals surface area contributed by atoms with E-state index in [2.05, 4.69) is 73.3 Å². The van der Waals surface area contributed by atoms with E-state index in [-0.39, 0.29) is 17.0 Å². The Bertz CT molecular complexity index is 2520. The van der Waals surface area contributed by atoms with Gasteiger partial charge in [-0.2, -0.15) is 0 Å². The van der Waals surface area contributed by atoms with Crippen molar-refractivity contribution < 1.29 is 33.5 Å². The van der Waals surface area contributed by atoms with Crippen LogP contribution in [-0.2, 0) is 0 Å². The lowest BCUT2D eigenvalue weighted by atomic mass is 9.74. The van der Waals surface area contributed by atoms with E-state index in [9.17, 15) is 19.8 Å². The summed E-state index contributed by atoms with van der Waals surface area (Å²) in [6.07, 6.45) is 20.0. The highest BCUT2D eigenvalue weighted by atomic mass is 16.5. The third-order valence-corrected chi connectivity index (χ3v) is 12.6. The molecule has 2 aliphatic carbocycles. The topological polar surface area (TPSA) is 109 Å². The number of nitrogens with zero attached hydrogens (tertiary/aromatic N) is 2. The van der Waals surface area contributed by atoms with Gasteiger partial charge in [0.1, 0.15) is 49.0 Å². The van der Waals surface area contributed by atoms with Crippen LogP contribution >= 0.6 is 0 Å². The third-order valence-electron chi connectivity index (χ3n) is 12.6. The summed E-state index contributed by atoms with van der Waals surface area (Å²) < 4.78 is 18.8. The van der Waals surface area contributed by atoms with Crippen LogP contribution in [0, 0.1) is 5.92 Å². The van der Waals surface area contributed by atoms with Crippen molar-refractivity contribution in [1.29, 1.82) is 0 Å². The molecular formula is C54H62N2O6. The summed E-state index contributed by atoms with van der Waals surface area (Å²) in [4.78, 5) is 25.6. The fraction of sp³-hybridized carbons (Fsp3) is 0.407. The molecule has 0 fully saturated rings. The first-order valence-electron chi connectivity index (χ1n) is 23.2. The molecule has 2 aliphatic heterocycles. The lowest BCUT2D eigenvalue weighted by molar-refractivity contribution is -0.527. The number of aromatic carboxylic acids is 2. The minimum absolute atomic E-state index is 0.0740. The highest BCUT2D eigenvalue weighted by Gasteiger charge is 2.39. The summed E-state index contributed by atoms with van der Waals surface area (Å²) in [6.45, 7) is 12.6. The van der Waals surface area contributed by atoms with E-state index in [0.717, 1.165) is 131 Å². The van der Waals surface area contributed by atoms with Crippen molar-refractivity contribution in [2.75, 3.05) is 26.2 Å². The maximum absolute atomic E-state index is 12.8. The summed E-state index contributed by atoms with van der Waals surface area (Å²) in [5.41, 5.74) is 5.20. The standard InChI is InChI=1S/C54H62N2O6/c1-5-9-17-29-55(30-18-10-6-2)37-25-27-43-47(33-37)61-49-36-50-46(35-45(49)51(43)39-21-13-15-23-41(39)53(57)58)52(40-22-14-16-24-42(40)54(59)60)44-28-26-38(34-48(44)62-50)56(31-19-11-7-3)32-20-12-8-4/h13-16,21-28,33-36,43,51H,5-12,17-20,29-32H2,1-4H3. The Balaban J connectivity index is 1.50. The van der Waals surface area contributed by atoms with Crippen molar-refractivity contribution in [1.82, 2.24) is 4.58 Å². The van der Waals surface area contributed by atoms with Gasteiger partial charge in [0.05, 0.1) is 18.0 Å². The molecular weight excluding hydrogens is 773 g/mol. The van der Waals surface area contributed by atoms with Gasteiger partial charge in [-0.15, -0.1) is 0 Å². The van der Waals surface area contributed by atoms with Crippen molar-refractivity contribution >= 4 is 28.6 Å². The second kappa shape index (κ2) is 20.9. The third kappa shape index (κ3) is 9.65. The lowest BCUT2D eigenvalue weighted by Gasteiger charge is -2.36. The highest BCUT2D eigenvalue weighted by Crippen LogP contribution is 2.51. The predicted octanol–water partition coefficient (Wildman–Crippen LogP) is 9.51. The molecule has 0 spiro atoms. The molecule has 4 aliphatic rings. The van der Waals surface area contributed by atoms with Crippen molar-refractivity contribution in [2.45, 2.75) is 111 Å². The first-order chi connectivity index (χ1) is 30.3. The summed E-state index contributed by atoms with van der Waals surface area (Å²) in [5.74, 6) is -1.36. The van der Waals surface area contributed by atoms with Crippen LogP contribution in [-0.4, -0.2) is 48.4 Å². The second-order valence-corrected chi connectivity index (χ2v) is 17.0. The molecule has 3 aromatic carbocycles. The number of hydrogen-bond acceptors (Lipinski definition) is 6. The number of carboxylic acid groups (broad SMARTS) is 2. The largest absolute Gasteiger partial charge is 0.545 e. The molecule has 0 saturated heterocycles. The Morgan fingerprint density at radius 1 is 0.629 bits per heavy atom. The fourth-order valence-electron chi connectivity index (χ4n) is 9.36. The normalized spacial score (nSPS) is 15.5. The van der Waals surface area contributed by atoms with Crippen molar-refractivity contribution in [2.24, 2.45) is 5.92 Å². The fourth-order valence-corrected chi connectivity index (χ4v) is 9.36. The average Bonchev–Trinajstić information content (AvgIpc) is 3.28. The Labute approximate surface area is 366 Å². The van der Waals surface area contributed by atoms with Crippen LogP contribution in [0.3, 0.4) is 0 Å². The second-order valence-electron chi connectivity index (χ2n) is 17.0. The van der Waals surface area contributed by atoms with Gasteiger partial charge in [-0.3, -0.25) is 0 Å². The van der Waals surface area contributed by atoms with E-state index < -0.39 is 17.9 Å². The molecule has 0 aromatic heterocycles. The Morgan fingerprint density at radius 2 is 1.23 bits per heavy atom. The van der Waals surface area contributed by atoms with E-state index >= 15 is 0 Å². The Hall–Kier alpha value is -5.76. The molecule has 8 heteroatoms. The van der Waals surface area contributed by atoms with Gasteiger partial charge in [0.2, 0.25) is 11.1 Å². The van der Waals surface area contributed by atoms with Crippen LogP contribution in [0.25, 0.3) is 33.4 Å². The number of unbranched alkanes of at least 4 members (excludes halogenated alkanes) is 8. The van der Waals surface area contributed by atoms with E-state index in [1.54, 1.807) is 24.3 Å². The van der Waals surface area contributed by atoms with Gasteiger partial charge in [-0.1, -0.05) is 108 Å². The first kappa shape index (κ1) is 44.3. The Kier molecular flexibility index (Phi) is 14.9. The van der Waals surface area contributed by atoms with E-state index in [0.29, 0.717) is 39.2 Å². The first-order valence-corrected chi connectivity index (χ1v) is 23.2. The lowest BCUT2D eigenvalue weighted by Crippen LogP contribution is -2.32. The monoisotopic (exact) mass is 834 g/mol. The molecule has 2 unspecified atom stereocenters. The number of ether oxygens (including phenoxy) is 1. The summed E-state index contributed by atoms with van der Waals surface area (Å²) >= 11 is 0. The van der Waals surface area contributed by atoms with Gasteiger partial charge in [0.25, 0.3) is 0 Å². The minimum atomic E-state index is -1.27. The molecule has 0 N–H and O–H groups in total. The molecule has 2 atom stereocenters. The van der Waals surface area contributed by atoms with E-state index in [1.165, 1.54) is 0 Å². The summed E-state index contributed by atoms with van der Waals surface area (Å²) in [5, 5.41) is 27.3. The molecule has 62 heavy (non-hydrogen) atoms. The van der Waals surface area contributed by atoms with Crippen molar-refractivity contribution in [3.8, 4) is 28.2 Å². The number of carboxylic acids is 2. The van der Waals surface area contributed by atoms with Crippen LogP contribution in [0.2, 0.25) is 0 Å². The predicted molar refractivity (Wildman–Crippen MR) is 245 cm³/mol. The zero-order valence-corrected chi connectivity index (χ0v) is 37.0. The number of carbonyl (C=O) groups excluding carboxylic acids is 2. The maximum Gasteiger partial charge on any atom is 0.203 e. The van der Waals surface area contributed by atoms with E-state index in [1.807, 2.05) is 36.4 Å². The molecule has 7 rings (SSSR count). The highest BCUT2D eigenvalue weighted by molar-refractivity contribution is 6.08. The van der Waals surface area contributed by atoms with Crippen LogP contribution < -0.4 is 24.9 Å². The number of carbonyl (C=O) groups is 2. The maximum atomic E-state index is 12.8. The van der Waals surface area contributed by atoms with Crippen molar-refractivity contribution in [3.63, 3.8) is 0 Å². The zero-order valence-electron chi connectivity index (χ0n) is 37.0. The van der Waals surface area contributed by atoms with Crippen LogP contribution in [0.5, 0.6) is 5.75 Å². The molecule has 3 aromatic rings. The summed E-state index contributed by atoms with van der Waals surface area (Å²) in [6, 6.07) is 24.2. The zero-order chi connectivity index (χ0) is 43.6. The van der Waals surface area contributed by atoms with Gasteiger partial charge in [0, 0.05) is 95.0 Å². The van der Waals surface area contributed by atoms with Crippen molar-refractivity contribution in [3.05, 3.63) is 130 Å². The Morgan fingerprint density at radius 3 is 1.85 bits per heavy atom. The molecule has 324 valence electrons. The van der Waals surface area contributed by atoms with Crippen LogP contribution in [0.4, 0.5) is 0 Å². The van der Waals surface area contributed by atoms with Crippen LogP contribution in [0.15, 0.2) is 107 Å². The van der Waals surface area contributed by atoms with Gasteiger partial charge >= 0.3 is 0 Å². The molecule has 2 heterocycles. The molecule has 0 bridgehead atoms. The van der Waals surface area contributed by atoms with Gasteiger partial charge < -0.3 is 29.0 Å². The molecule has 0 radical (unpaired) electrons. The van der Waals surface area contributed by atoms with Gasteiger partial charge in [0.15, 0.2) is 0 Å².